The Hall–Kier alpha value is -0.980. The van der Waals surface area contributed by atoms with Gasteiger partial charge in [0.1, 0.15) is 5.76 Å². The first-order valence-corrected chi connectivity index (χ1v) is 3.96. The van der Waals surface area contributed by atoms with E-state index in [1.165, 1.54) is 0 Å². The van der Waals surface area contributed by atoms with Gasteiger partial charge in [0.15, 0.2) is 0 Å². The largest absolute Gasteiger partial charge is 0.508 e. The van der Waals surface area contributed by atoms with Crippen molar-refractivity contribution in [2.75, 3.05) is 0 Å². The van der Waals surface area contributed by atoms with Gasteiger partial charge in [0.05, 0.1) is 0 Å². The maximum absolute atomic E-state index is 9.39. The first-order chi connectivity index (χ1) is 5.26. The molecule has 62 valence electrons. The topological polar surface area (TPSA) is 20.2 Å². The molecule has 11 heavy (non-hydrogen) atoms. The molecule has 1 nitrogen and oxygen atoms in total. The van der Waals surface area contributed by atoms with Gasteiger partial charge in [-0.25, -0.2) is 0 Å². The fourth-order valence-corrected chi connectivity index (χ4v) is 0.889. The van der Waals surface area contributed by atoms with Crippen molar-refractivity contribution in [1.82, 2.24) is 0 Å². The Kier molecular flexibility index (Phi) is 5.26. The third kappa shape index (κ3) is 3.66. The summed E-state index contributed by atoms with van der Waals surface area (Å²) in [6.45, 7) is 7.60. The van der Waals surface area contributed by atoms with E-state index in [2.05, 4.69) is 6.58 Å². The zero-order chi connectivity index (χ0) is 8.69. The van der Waals surface area contributed by atoms with Crippen molar-refractivity contribution in [1.29, 1.82) is 0 Å². The van der Waals surface area contributed by atoms with Crippen LogP contribution in [-0.4, -0.2) is 5.11 Å². The minimum absolute atomic E-state index is 0.384. The molecule has 0 aliphatic carbocycles. The highest BCUT2D eigenvalue weighted by Crippen LogP contribution is 2.11. The second kappa shape index (κ2) is 5.78. The zero-order valence-corrected chi connectivity index (χ0v) is 7.30. The quantitative estimate of drug-likeness (QED) is 0.483. The molecule has 0 spiro atoms. The van der Waals surface area contributed by atoms with Crippen LogP contribution in [-0.2, 0) is 0 Å². The predicted octanol–water partition coefficient (Wildman–Crippen LogP) is 3.36. The van der Waals surface area contributed by atoms with Crippen molar-refractivity contribution in [3.05, 3.63) is 36.1 Å². The molecule has 0 aliphatic heterocycles. The number of allylic oxidation sites excluding steroid dienone is 4. The predicted molar refractivity (Wildman–Crippen MR) is 49.6 cm³/mol. The fraction of sp³-hybridized carbons (Fsp3) is 0.400. The average Bonchev–Trinajstić information content (AvgIpc) is 2.03. The first-order valence-electron chi connectivity index (χ1n) is 3.96. The lowest BCUT2D eigenvalue weighted by atomic mass is 10.1. The smallest absolute Gasteiger partial charge is 0.114 e. The van der Waals surface area contributed by atoms with Crippen molar-refractivity contribution < 1.29 is 5.11 Å². The average molecular weight is 152 g/mol. The number of aliphatic hydroxyl groups excluding tert-OH is 1. The Morgan fingerprint density at radius 3 is 2.27 bits per heavy atom. The normalized spacial score (nSPS) is 10.0. The molecule has 0 amide bonds. The van der Waals surface area contributed by atoms with Crippen LogP contribution in [0.15, 0.2) is 36.1 Å². The zero-order valence-electron chi connectivity index (χ0n) is 7.30. The summed E-state index contributed by atoms with van der Waals surface area (Å²) in [6, 6.07) is 0. The minimum atomic E-state index is 0.384. The second-order valence-electron chi connectivity index (χ2n) is 2.29. The lowest BCUT2D eigenvalue weighted by Crippen LogP contribution is -1.85. The van der Waals surface area contributed by atoms with Crippen LogP contribution in [0, 0.1) is 0 Å². The Morgan fingerprint density at radius 2 is 1.91 bits per heavy atom. The summed E-state index contributed by atoms with van der Waals surface area (Å²) in [5.74, 6) is 0.384. The molecule has 0 aromatic heterocycles. The molecule has 1 heteroatoms. The third-order valence-electron chi connectivity index (χ3n) is 1.61. The van der Waals surface area contributed by atoms with Gasteiger partial charge in [0.25, 0.3) is 0 Å². The summed E-state index contributed by atoms with van der Waals surface area (Å²) in [7, 11) is 0. The molecule has 0 aromatic rings. The van der Waals surface area contributed by atoms with Crippen molar-refractivity contribution in [3.8, 4) is 0 Å². The highest BCUT2D eigenvalue weighted by Gasteiger charge is 1.95. The van der Waals surface area contributed by atoms with E-state index in [0.717, 1.165) is 18.4 Å². The highest BCUT2D eigenvalue weighted by atomic mass is 16.3. The Bertz CT molecular complexity index is 169. The molecule has 0 rings (SSSR count). The van der Waals surface area contributed by atoms with Crippen LogP contribution < -0.4 is 0 Å². The van der Waals surface area contributed by atoms with Gasteiger partial charge in [-0.3, -0.25) is 0 Å². The molecule has 0 fully saturated rings. The lowest BCUT2D eigenvalue weighted by Gasteiger charge is -2.00. The molecule has 0 saturated carbocycles. The second-order valence-corrected chi connectivity index (χ2v) is 2.29. The molecule has 0 unspecified atom stereocenters. The van der Waals surface area contributed by atoms with Gasteiger partial charge in [-0.1, -0.05) is 32.6 Å². The van der Waals surface area contributed by atoms with E-state index in [-0.39, 0.29) is 0 Å². The Labute approximate surface area is 68.7 Å². The summed E-state index contributed by atoms with van der Waals surface area (Å²) in [6.07, 6.45) is 6.88. The van der Waals surface area contributed by atoms with Crippen LogP contribution in [0.4, 0.5) is 0 Å². The fourth-order valence-electron chi connectivity index (χ4n) is 0.889. The van der Waals surface area contributed by atoms with Crippen LogP contribution in [0.2, 0.25) is 0 Å². The van der Waals surface area contributed by atoms with Gasteiger partial charge in [0.2, 0.25) is 0 Å². The molecule has 0 bridgehead atoms. The number of aliphatic hydroxyl groups is 1. The van der Waals surface area contributed by atoms with E-state index in [4.69, 9.17) is 0 Å². The number of hydrogen-bond acceptors (Lipinski definition) is 1. The van der Waals surface area contributed by atoms with Crippen molar-refractivity contribution >= 4 is 0 Å². The molecule has 0 radical (unpaired) electrons. The van der Waals surface area contributed by atoms with Gasteiger partial charge in [0, 0.05) is 0 Å². The van der Waals surface area contributed by atoms with E-state index >= 15 is 0 Å². The van der Waals surface area contributed by atoms with Gasteiger partial charge in [-0.2, -0.15) is 0 Å². The van der Waals surface area contributed by atoms with Crippen LogP contribution >= 0.6 is 0 Å². The molecular weight excluding hydrogens is 136 g/mol. The maximum atomic E-state index is 9.39. The summed E-state index contributed by atoms with van der Waals surface area (Å²) in [5.41, 5.74) is 1.09. The van der Waals surface area contributed by atoms with E-state index in [1.807, 2.05) is 13.8 Å². The first kappa shape index (κ1) is 10.0. The summed E-state index contributed by atoms with van der Waals surface area (Å²) in [5, 5.41) is 9.39. The molecule has 0 aliphatic rings. The third-order valence-corrected chi connectivity index (χ3v) is 1.61. The van der Waals surface area contributed by atoms with E-state index in [9.17, 15) is 5.11 Å². The number of hydrogen-bond donors (Lipinski definition) is 1. The molecule has 0 saturated heterocycles. The van der Waals surface area contributed by atoms with Crippen LogP contribution in [0.25, 0.3) is 0 Å². The maximum Gasteiger partial charge on any atom is 0.114 e. The van der Waals surface area contributed by atoms with E-state index < -0.39 is 0 Å². The monoisotopic (exact) mass is 152 g/mol. The van der Waals surface area contributed by atoms with E-state index in [0.29, 0.717) is 5.76 Å². The molecular formula is C10H16O. The molecule has 1 N–H and O–H groups in total. The summed E-state index contributed by atoms with van der Waals surface area (Å²) in [4.78, 5) is 0. The van der Waals surface area contributed by atoms with Crippen LogP contribution in [0.3, 0.4) is 0 Å². The van der Waals surface area contributed by atoms with Crippen molar-refractivity contribution in [2.45, 2.75) is 26.7 Å². The molecule has 0 aromatic carbocycles. The summed E-state index contributed by atoms with van der Waals surface area (Å²) < 4.78 is 0. The van der Waals surface area contributed by atoms with Gasteiger partial charge in [-0.05, 0) is 24.5 Å². The molecule has 0 atom stereocenters. The van der Waals surface area contributed by atoms with Crippen molar-refractivity contribution in [2.24, 2.45) is 0 Å². The minimum Gasteiger partial charge on any atom is -0.508 e. The standard InChI is InChI=1S/C10H16O/c1-4-7-8-10(11)9(5-2)6-3/h4,7-8,11H,1,5-6H2,2-3H3/b8-7-. The van der Waals surface area contributed by atoms with E-state index in [1.54, 1.807) is 18.2 Å². The Balaban J connectivity index is 4.34. The van der Waals surface area contributed by atoms with Gasteiger partial charge >= 0.3 is 0 Å². The molecule has 0 heterocycles. The van der Waals surface area contributed by atoms with Crippen LogP contribution in [0.5, 0.6) is 0 Å². The van der Waals surface area contributed by atoms with Crippen LogP contribution in [0.1, 0.15) is 26.7 Å². The number of rotatable bonds is 4. The lowest BCUT2D eigenvalue weighted by molar-refractivity contribution is 0.421. The van der Waals surface area contributed by atoms with Gasteiger partial charge < -0.3 is 5.11 Å². The SMILES string of the molecule is C=C/C=C\C(O)=C(CC)CC. The highest BCUT2D eigenvalue weighted by molar-refractivity contribution is 5.20. The Morgan fingerprint density at radius 1 is 1.36 bits per heavy atom. The van der Waals surface area contributed by atoms with Gasteiger partial charge in [-0.15, -0.1) is 0 Å². The summed E-state index contributed by atoms with van der Waals surface area (Å²) >= 11 is 0. The van der Waals surface area contributed by atoms with Crippen molar-refractivity contribution in [3.63, 3.8) is 0 Å².